The minimum Gasteiger partial charge on any atom is -0.365 e. The standard InChI is InChI=1S/C19H27N5O5S/c1-13-19(14(2)24(20-13)15-5-10-30(28,29)12-15)22-8-6-21(7-9-22)18(27)11-23-16(25)3-4-17(23)26/h15H,3-12H2,1-2H3. The van der Waals surface area contributed by atoms with E-state index >= 15 is 0 Å². The second-order valence-electron chi connectivity index (χ2n) is 8.26. The van der Waals surface area contributed by atoms with Crippen molar-refractivity contribution in [2.75, 3.05) is 49.1 Å². The fourth-order valence-corrected chi connectivity index (χ4v) is 6.34. The number of piperazine rings is 1. The van der Waals surface area contributed by atoms with Gasteiger partial charge >= 0.3 is 0 Å². The third-order valence-electron chi connectivity index (χ3n) is 6.24. The molecule has 3 aliphatic rings. The van der Waals surface area contributed by atoms with Gasteiger partial charge in [0.1, 0.15) is 6.54 Å². The molecular formula is C19H27N5O5S. The second kappa shape index (κ2) is 7.68. The molecule has 1 atom stereocenters. The van der Waals surface area contributed by atoms with Crippen molar-refractivity contribution in [1.82, 2.24) is 19.6 Å². The van der Waals surface area contributed by atoms with Crippen LogP contribution in [0.2, 0.25) is 0 Å². The summed E-state index contributed by atoms with van der Waals surface area (Å²) in [4.78, 5) is 41.0. The van der Waals surface area contributed by atoms with Crippen molar-refractivity contribution in [2.24, 2.45) is 0 Å². The van der Waals surface area contributed by atoms with Crippen molar-refractivity contribution in [2.45, 2.75) is 39.2 Å². The van der Waals surface area contributed by atoms with E-state index in [0.717, 1.165) is 22.0 Å². The van der Waals surface area contributed by atoms with E-state index in [4.69, 9.17) is 0 Å². The van der Waals surface area contributed by atoms with Gasteiger partial charge in [-0.2, -0.15) is 5.10 Å². The molecule has 1 aromatic heterocycles. The summed E-state index contributed by atoms with van der Waals surface area (Å²) in [6, 6.07) is -0.124. The van der Waals surface area contributed by atoms with Gasteiger partial charge in [0, 0.05) is 39.0 Å². The Labute approximate surface area is 175 Å². The van der Waals surface area contributed by atoms with E-state index < -0.39 is 9.84 Å². The monoisotopic (exact) mass is 437 g/mol. The largest absolute Gasteiger partial charge is 0.365 e. The summed E-state index contributed by atoms with van der Waals surface area (Å²) in [7, 11) is -2.99. The van der Waals surface area contributed by atoms with E-state index in [1.165, 1.54) is 0 Å². The van der Waals surface area contributed by atoms with Crippen LogP contribution < -0.4 is 4.90 Å². The van der Waals surface area contributed by atoms with Crippen LogP contribution in [-0.2, 0) is 24.2 Å². The molecule has 3 amide bonds. The SMILES string of the molecule is Cc1nn(C2CCS(=O)(=O)C2)c(C)c1N1CCN(C(=O)CN2C(=O)CCC2=O)CC1. The van der Waals surface area contributed by atoms with Crippen LogP contribution in [0, 0.1) is 13.8 Å². The summed E-state index contributed by atoms with van der Waals surface area (Å²) < 4.78 is 25.5. The van der Waals surface area contributed by atoms with Crippen LogP contribution in [0.25, 0.3) is 0 Å². The van der Waals surface area contributed by atoms with E-state index in [1.54, 1.807) is 4.90 Å². The maximum atomic E-state index is 12.5. The minimum atomic E-state index is -2.99. The first kappa shape index (κ1) is 20.8. The van der Waals surface area contributed by atoms with Crippen LogP contribution in [0.1, 0.15) is 36.7 Å². The van der Waals surface area contributed by atoms with E-state index in [1.807, 2.05) is 18.5 Å². The number of amides is 3. The molecule has 30 heavy (non-hydrogen) atoms. The van der Waals surface area contributed by atoms with Gasteiger partial charge in [0.25, 0.3) is 0 Å². The molecule has 0 bridgehead atoms. The number of nitrogens with zero attached hydrogens (tertiary/aromatic N) is 5. The predicted octanol–water partition coefficient (Wildman–Crippen LogP) is -0.343. The topological polar surface area (TPSA) is 113 Å². The Hall–Kier alpha value is -2.43. The summed E-state index contributed by atoms with van der Waals surface area (Å²) in [5.41, 5.74) is 2.80. The lowest BCUT2D eigenvalue weighted by atomic mass is 10.2. The normalized spacial score (nSPS) is 24.2. The number of imide groups is 1. The Balaban J connectivity index is 1.40. The molecule has 0 N–H and O–H groups in total. The number of aromatic nitrogens is 2. The Morgan fingerprint density at radius 2 is 1.70 bits per heavy atom. The van der Waals surface area contributed by atoms with Gasteiger partial charge in [-0.15, -0.1) is 0 Å². The molecule has 3 saturated heterocycles. The van der Waals surface area contributed by atoms with Gasteiger partial charge in [0.15, 0.2) is 9.84 Å². The molecule has 0 saturated carbocycles. The molecule has 3 aliphatic heterocycles. The Morgan fingerprint density at radius 3 is 2.27 bits per heavy atom. The zero-order valence-electron chi connectivity index (χ0n) is 17.3. The quantitative estimate of drug-likeness (QED) is 0.592. The highest BCUT2D eigenvalue weighted by Gasteiger charge is 2.34. The maximum absolute atomic E-state index is 12.5. The molecule has 0 spiro atoms. The molecule has 0 aromatic carbocycles. The third kappa shape index (κ3) is 3.82. The smallest absolute Gasteiger partial charge is 0.242 e. The number of sulfone groups is 1. The van der Waals surface area contributed by atoms with Crippen molar-refractivity contribution >= 4 is 33.2 Å². The number of likely N-dealkylation sites (tertiary alicyclic amines) is 1. The molecule has 1 unspecified atom stereocenters. The Bertz CT molecular complexity index is 977. The molecule has 1 aromatic rings. The van der Waals surface area contributed by atoms with Gasteiger partial charge in [-0.1, -0.05) is 0 Å². The van der Waals surface area contributed by atoms with Gasteiger partial charge in [0.2, 0.25) is 17.7 Å². The molecule has 11 heteroatoms. The molecular weight excluding hydrogens is 410 g/mol. The first-order valence-electron chi connectivity index (χ1n) is 10.3. The van der Waals surface area contributed by atoms with Crippen molar-refractivity contribution in [3.8, 4) is 0 Å². The van der Waals surface area contributed by atoms with Crippen LogP contribution in [0.3, 0.4) is 0 Å². The highest BCUT2D eigenvalue weighted by molar-refractivity contribution is 7.91. The lowest BCUT2D eigenvalue weighted by Gasteiger charge is -2.36. The molecule has 4 heterocycles. The predicted molar refractivity (Wildman–Crippen MR) is 109 cm³/mol. The van der Waals surface area contributed by atoms with Crippen molar-refractivity contribution in [3.05, 3.63) is 11.4 Å². The highest BCUT2D eigenvalue weighted by atomic mass is 32.2. The average Bonchev–Trinajstić information content (AvgIpc) is 3.32. The molecule has 0 radical (unpaired) electrons. The van der Waals surface area contributed by atoms with Crippen LogP contribution >= 0.6 is 0 Å². The summed E-state index contributed by atoms with van der Waals surface area (Å²) >= 11 is 0. The summed E-state index contributed by atoms with van der Waals surface area (Å²) in [6.45, 7) is 5.93. The zero-order chi connectivity index (χ0) is 21.6. The van der Waals surface area contributed by atoms with Crippen LogP contribution in [0.4, 0.5) is 5.69 Å². The van der Waals surface area contributed by atoms with Gasteiger partial charge in [0.05, 0.1) is 34.6 Å². The Kier molecular flexibility index (Phi) is 5.33. The lowest BCUT2D eigenvalue weighted by Crippen LogP contribution is -2.52. The number of carbonyl (C=O) groups excluding carboxylic acids is 3. The van der Waals surface area contributed by atoms with E-state index in [9.17, 15) is 22.8 Å². The van der Waals surface area contributed by atoms with Gasteiger partial charge in [-0.25, -0.2) is 8.42 Å². The Morgan fingerprint density at radius 1 is 1.07 bits per heavy atom. The number of anilines is 1. The summed E-state index contributed by atoms with van der Waals surface area (Å²) in [5.74, 6) is -0.434. The summed E-state index contributed by atoms with van der Waals surface area (Å²) in [6.07, 6.45) is 0.954. The van der Waals surface area contributed by atoms with Crippen molar-refractivity contribution in [1.29, 1.82) is 0 Å². The number of aryl methyl sites for hydroxylation is 1. The van der Waals surface area contributed by atoms with Crippen LogP contribution in [-0.4, -0.2) is 89.9 Å². The molecule has 164 valence electrons. The molecule has 3 fully saturated rings. The summed E-state index contributed by atoms with van der Waals surface area (Å²) in [5, 5.41) is 4.62. The first-order chi connectivity index (χ1) is 14.2. The molecule has 10 nitrogen and oxygen atoms in total. The van der Waals surface area contributed by atoms with Crippen LogP contribution in [0.15, 0.2) is 0 Å². The van der Waals surface area contributed by atoms with Gasteiger partial charge < -0.3 is 9.80 Å². The fraction of sp³-hybridized carbons (Fsp3) is 0.684. The molecule has 4 rings (SSSR count). The third-order valence-corrected chi connectivity index (χ3v) is 7.99. The number of carbonyl (C=O) groups is 3. The first-order valence-corrected chi connectivity index (χ1v) is 12.1. The van der Waals surface area contributed by atoms with E-state index in [2.05, 4.69) is 10.00 Å². The van der Waals surface area contributed by atoms with Gasteiger partial charge in [-0.05, 0) is 20.3 Å². The van der Waals surface area contributed by atoms with E-state index in [0.29, 0.717) is 32.6 Å². The van der Waals surface area contributed by atoms with Crippen molar-refractivity contribution in [3.63, 3.8) is 0 Å². The number of rotatable bonds is 4. The van der Waals surface area contributed by atoms with Crippen molar-refractivity contribution < 1.29 is 22.8 Å². The van der Waals surface area contributed by atoms with Crippen LogP contribution in [0.5, 0.6) is 0 Å². The minimum absolute atomic E-state index is 0.124. The second-order valence-corrected chi connectivity index (χ2v) is 10.5. The number of hydrogen-bond donors (Lipinski definition) is 0. The average molecular weight is 438 g/mol. The van der Waals surface area contributed by atoms with Gasteiger partial charge in [-0.3, -0.25) is 24.0 Å². The highest BCUT2D eigenvalue weighted by Crippen LogP contribution is 2.31. The fourth-order valence-electron chi connectivity index (χ4n) is 4.65. The zero-order valence-corrected chi connectivity index (χ0v) is 18.2. The maximum Gasteiger partial charge on any atom is 0.242 e. The lowest BCUT2D eigenvalue weighted by molar-refractivity contribution is -0.145. The van der Waals surface area contributed by atoms with E-state index in [-0.39, 0.29) is 54.7 Å². The molecule has 0 aliphatic carbocycles. The number of hydrogen-bond acceptors (Lipinski definition) is 7.